The van der Waals surface area contributed by atoms with Crippen LogP contribution in [0.15, 0.2) is 26.2 Å². The van der Waals surface area contributed by atoms with E-state index in [1.807, 2.05) is 0 Å². The largest absolute Gasteiger partial charge is 0.506 e. The van der Waals surface area contributed by atoms with E-state index in [4.69, 9.17) is 5.73 Å². The number of carbonyl (C=O) groups is 1. The van der Waals surface area contributed by atoms with Crippen LogP contribution >= 0.6 is 31.9 Å². The van der Waals surface area contributed by atoms with Crippen molar-refractivity contribution in [3.63, 3.8) is 0 Å². The number of hydrogen-bond donors (Lipinski definition) is 3. The number of nitrogens with one attached hydrogen (secondary N) is 1. The van der Waals surface area contributed by atoms with Gasteiger partial charge in [-0.15, -0.1) is 5.10 Å². The highest BCUT2D eigenvalue weighted by Crippen LogP contribution is 2.30. The summed E-state index contributed by atoms with van der Waals surface area (Å²) < 4.78 is 1.26. The maximum atomic E-state index is 11.6. The summed E-state index contributed by atoms with van der Waals surface area (Å²) in [5, 5.41) is 24.2. The van der Waals surface area contributed by atoms with Crippen LogP contribution in [0.3, 0.4) is 0 Å². The number of phenols is 1. The summed E-state index contributed by atoms with van der Waals surface area (Å²) >= 11 is 6.48. The second-order valence-corrected chi connectivity index (χ2v) is 5.57. The van der Waals surface area contributed by atoms with Gasteiger partial charge in [0.1, 0.15) is 12.3 Å². The van der Waals surface area contributed by atoms with E-state index in [0.717, 1.165) is 9.27 Å². The number of phenolic OH excluding ortho intramolecular Hbond substituents is 1. The molecule has 110 valence electrons. The molecule has 1 aromatic carbocycles. The average Bonchev–Trinajstić information content (AvgIpc) is 2.80. The molecule has 0 aliphatic heterocycles. The summed E-state index contributed by atoms with van der Waals surface area (Å²) in [7, 11) is 0. The average molecular weight is 419 g/mol. The van der Waals surface area contributed by atoms with Crippen molar-refractivity contribution in [1.82, 2.24) is 25.6 Å². The van der Waals surface area contributed by atoms with Gasteiger partial charge in [-0.3, -0.25) is 4.79 Å². The lowest BCUT2D eigenvalue weighted by Crippen LogP contribution is -2.24. The van der Waals surface area contributed by atoms with Gasteiger partial charge in [-0.1, -0.05) is 21.0 Å². The number of nitrogens with two attached hydrogens (primary N) is 1. The Morgan fingerprint density at radius 3 is 2.95 bits per heavy atom. The molecule has 1 amide bonds. The molecule has 21 heavy (non-hydrogen) atoms. The van der Waals surface area contributed by atoms with E-state index in [0.29, 0.717) is 10.0 Å². The Balaban J connectivity index is 1.97. The lowest BCUT2D eigenvalue weighted by molar-refractivity contribution is -0.122. The van der Waals surface area contributed by atoms with Crippen LogP contribution in [0, 0.1) is 0 Å². The SMILES string of the molecule is Nc1nnn(CC(=O)N/N=C/c2cc(Br)cc(Br)c2O)n1. The van der Waals surface area contributed by atoms with Gasteiger partial charge in [0.15, 0.2) is 0 Å². The number of nitrogen functional groups attached to an aromatic ring is 1. The first-order chi connectivity index (χ1) is 9.95. The number of benzene rings is 1. The normalized spacial score (nSPS) is 11.0. The van der Waals surface area contributed by atoms with Gasteiger partial charge >= 0.3 is 0 Å². The summed E-state index contributed by atoms with van der Waals surface area (Å²) in [6.45, 7) is -0.171. The van der Waals surface area contributed by atoms with Crippen LogP contribution in [-0.4, -0.2) is 37.4 Å². The number of anilines is 1. The number of nitrogens with zero attached hydrogens (tertiary/aromatic N) is 5. The van der Waals surface area contributed by atoms with Crippen LogP contribution in [0.2, 0.25) is 0 Å². The summed E-state index contributed by atoms with van der Waals surface area (Å²) in [6, 6.07) is 3.33. The van der Waals surface area contributed by atoms with Crippen molar-refractivity contribution in [3.05, 3.63) is 26.6 Å². The lowest BCUT2D eigenvalue weighted by atomic mass is 10.2. The number of aromatic hydroxyl groups is 1. The van der Waals surface area contributed by atoms with Gasteiger partial charge < -0.3 is 10.8 Å². The van der Waals surface area contributed by atoms with Gasteiger partial charge in [-0.25, -0.2) is 5.43 Å². The zero-order valence-corrected chi connectivity index (χ0v) is 13.5. The van der Waals surface area contributed by atoms with E-state index >= 15 is 0 Å². The van der Waals surface area contributed by atoms with Crippen molar-refractivity contribution < 1.29 is 9.90 Å². The standard InChI is InChI=1S/C10H9Br2N7O2/c11-6-1-5(9(21)7(12)2-6)3-14-15-8(20)4-19-17-10(13)16-18-19/h1-3,21H,4H2,(H2,13,17)(H,15,20)/b14-3+. The number of aromatic nitrogens is 4. The number of amides is 1. The van der Waals surface area contributed by atoms with Crippen molar-refractivity contribution in [1.29, 1.82) is 0 Å². The van der Waals surface area contributed by atoms with E-state index < -0.39 is 5.91 Å². The second-order valence-electron chi connectivity index (χ2n) is 3.80. The predicted molar refractivity (Wildman–Crippen MR) is 81.5 cm³/mol. The topological polar surface area (TPSA) is 131 Å². The molecule has 4 N–H and O–H groups in total. The molecule has 0 aliphatic rings. The summed E-state index contributed by atoms with van der Waals surface area (Å²) in [5.41, 5.74) is 7.98. The predicted octanol–water partition coefficient (Wildman–Crippen LogP) is 0.636. The van der Waals surface area contributed by atoms with Crippen molar-refractivity contribution in [3.8, 4) is 5.75 Å². The molecule has 2 aromatic rings. The molecular formula is C10H9Br2N7O2. The number of rotatable bonds is 4. The summed E-state index contributed by atoms with van der Waals surface area (Å²) in [6.07, 6.45) is 1.31. The van der Waals surface area contributed by atoms with E-state index in [1.54, 1.807) is 12.1 Å². The Morgan fingerprint density at radius 2 is 2.29 bits per heavy atom. The Labute approximate surface area is 135 Å². The molecule has 1 aromatic heterocycles. The highest BCUT2D eigenvalue weighted by Gasteiger charge is 2.07. The zero-order chi connectivity index (χ0) is 15.4. The Kier molecular flexibility index (Phi) is 4.85. The first kappa shape index (κ1) is 15.4. The molecule has 9 nitrogen and oxygen atoms in total. The third-order valence-electron chi connectivity index (χ3n) is 2.20. The Hall–Kier alpha value is -2.01. The minimum Gasteiger partial charge on any atom is -0.506 e. The smallest absolute Gasteiger partial charge is 0.263 e. The maximum absolute atomic E-state index is 11.6. The van der Waals surface area contributed by atoms with Crippen LogP contribution in [-0.2, 0) is 11.3 Å². The highest BCUT2D eigenvalue weighted by atomic mass is 79.9. The molecule has 2 rings (SSSR count). The van der Waals surface area contributed by atoms with E-state index in [-0.39, 0.29) is 18.2 Å². The molecule has 1 heterocycles. The van der Waals surface area contributed by atoms with Crippen LogP contribution in [0.5, 0.6) is 5.75 Å². The Morgan fingerprint density at radius 1 is 1.52 bits per heavy atom. The van der Waals surface area contributed by atoms with Crippen LogP contribution in [0.25, 0.3) is 0 Å². The summed E-state index contributed by atoms with van der Waals surface area (Å²) in [5.74, 6) is -0.464. The van der Waals surface area contributed by atoms with E-state index in [2.05, 4.69) is 57.8 Å². The maximum Gasteiger partial charge on any atom is 0.263 e. The minimum absolute atomic E-state index is 0.0157. The quantitative estimate of drug-likeness (QED) is 0.493. The van der Waals surface area contributed by atoms with E-state index in [9.17, 15) is 9.90 Å². The molecule has 0 bridgehead atoms. The summed E-state index contributed by atoms with van der Waals surface area (Å²) in [4.78, 5) is 12.6. The van der Waals surface area contributed by atoms with Crippen LogP contribution < -0.4 is 11.2 Å². The van der Waals surface area contributed by atoms with Gasteiger partial charge in [-0.2, -0.15) is 9.90 Å². The zero-order valence-electron chi connectivity index (χ0n) is 10.4. The first-order valence-electron chi connectivity index (χ1n) is 5.49. The molecule has 0 atom stereocenters. The molecule has 11 heteroatoms. The number of hydrogen-bond acceptors (Lipinski definition) is 7. The first-order valence-corrected chi connectivity index (χ1v) is 7.07. The molecule has 0 unspecified atom stereocenters. The van der Waals surface area contributed by atoms with Crippen molar-refractivity contribution >= 4 is 49.9 Å². The molecule has 0 aliphatic carbocycles. The van der Waals surface area contributed by atoms with Crippen LogP contribution in [0.1, 0.15) is 5.56 Å². The molecule has 0 spiro atoms. The number of halogens is 2. The monoisotopic (exact) mass is 417 g/mol. The number of carbonyl (C=O) groups excluding carboxylic acids is 1. The lowest BCUT2D eigenvalue weighted by Gasteiger charge is -2.03. The Bertz CT molecular complexity index is 701. The van der Waals surface area contributed by atoms with Crippen molar-refractivity contribution in [2.24, 2.45) is 5.10 Å². The van der Waals surface area contributed by atoms with Crippen molar-refractivity contribution in [2.75, 3.05) is 5.73 Å². The third kappa shape index (κ3) is 4.23. The number of tetrazole rings is 1. The minimum atomic E-state index is -0.461. The fraction of sp³-hybridized carbons (Fsp3) is 0.100. The van der Waals surface area contributed by atoms with Gasteiger partial charge in [0.05, 0.1) is 10.7 Å². The highest BCUT2D eigenvalue weighted by molar-refractivity contribution is 9.11. The molecule has 0 saturated heterocycles. The van der Waals surface area contributed by atoms with Gasteiger partial charge in [0.2, 0.25) is 0 Å². The molecule has 0 saturated carbocycles. The fourth-order valence-electron chi connectivity index (χ4n) is 1.34. The van der Waals surface area contributed by atoms with Gasteiger partial charge in [0, 0.05) is 10.0 Å². The molecular weight excluding hydrogens is 410 g/mol. The molecule has 0 radical (unpaired) electrons. The fourth-order valence-corrected chi connectivity index (χ4v) is 2.60. The molecule has 0 fully saturated rings. The van der Waals surface area contributed by atoms with E-state index in [1.165, 1.54) is 6.21 Å². The number of hydrazone groups is 1. The third-order valence-corrected chi connectivity index (χ3v) is 3.27. The van der Waals surface area contributed by atoms with Gasteiger partial charge in [-0.05, 0) is 33.3 Å². The van der Waals surface area contributed by atoms with Crippen molar-refractivity contribution in [2.45, 2.75) is 6.54 Å². The van der Waals surface area contributed by atoms with Gasteiger partial charge in [0.25, 0.3) is 11.9 Å². The second kappa shape index (κ2) is 6.63. The van der Waals surface area contributed by atoms with Crippen LogP contribution in [0.4, 0.5) is 5.95 Å².